The summed E-state index contributed by atoms with van der Waals surface area (Å²) >= 11 is 6.00. The van der Waals surface area contributed by atoms with Crippen LogP contribution in [-0.4, -0.2) is 41.8 Å². The molecule has 3 rings (SSSR count). The Morgan fingerprint density at radius 2 is 2.14 bits per heavy atom. The number of benzene rings is 1. The molecule has 4 nitrogen and oxygen atoms in total. The lowest BCUT2D eigenvalue weighted by Gasteiger charge is -2.31. The van der Waals surface area contributed by atoms with Gasteiger partial charge in [0.2, 0.25) is 0 Å². The van der Waals surface area contributed by atoms with Gasteiger partial charge in [0, 0.05) is 36.7 Å². The summed E-state index contributed by atoms with van der Waals surface area (Å²) in [6, 6.07) is 8.12. The molecular formula is C16H21ClN2O2. The van der Waals surface area contributed by atoms with Crippen molar-refractivity contribution in [3.05, 3.63) is 34.9 Å². The Morgan fingerprint density at radius 3 is 2.81 bits per heavy atom. The summed E-state index contributed by atoms with van der Waals surface area (Å²) < 4.78 is 0. The summed E-state index contributed by atoms with van der Waals surface area (Å²) in [6.45, 7) is 1.71. The Kier molecular flexibility index (Phi) is 4.36. The third kappa shape index (κ3) is 3.50. The zero-order valence-corrected chi connectivity index (χ0v) is 12.7. The molecule has 1 saturated carbocycles. The standard InChI is InChI=1S/C16H21ClN2O2/c17-13-3-1-2-12(8-13)14-9-15(14)18-16(21)19-6-4-11(10-20)5-7-19/h1-3,8,11,14-15,20H,4-7,9-10H2,(H,18,21). The van der Waals surface area contributed by atoms with Gasteiger partial charge in [0.15, 0.2) is 0 Å². The molecule has 1 saturated heterocycles. The fourth-order valence-corrected chi connectivity index (χ4v) is 3.23. The van der Waals surface area contributed by atoms with Crippen LogP contribution < -0.4 is 5.32 Å². The van der Waals surface area contributed by atoms with Gasteiger partial charge in [-0.3, -0.25) is 0 Å². The Morgan fingerprint density at radius 1 is 1.38 bits per heavy atom. The highest BCUT2D eigenvalue weighted by atomic mass is 35.5. The van der Waals surface area contributed by atoms with Crippen molar-refractivity contribution in [1.29, 1.82) is 0 Å². The molecule has 0 spiro atoms. The van der Waals surface area contributed by atoms with E-state index in [0.29, 0.717) is 11.8 Å². The lowest BCUT2D eigenvalue weighted by atomic mass is 9.98. The van der Waals surface area contributed by atoms with Crippen molar-refractivity contribution < 1.29 is 9.90 Å². The number of aliphatic hydroxyl groups excluding tert-OH is 1. The first-order chi connectivity index (χ1) is 10.2. The van der Waals surface area contributed by atoms with E-state index >= 15 is 0 Å². The van der Waals surface area contributed by atoms with Crippen molar-refractivity contribution in [2.75, 3.05) is 19.7 Å². The molecule has 2 unspecified atom stereocenters. The molecule has 0 aromatic heterocycles. The van der Waals surface area contributed by atoms with Crippen molar-refractivity contribution in [2.24, 2.45) is 5.92 Å². The third-order valence-electron chi connectivity index (χ3n) is 4.54. The predicted molar refractivity (Wildman–Crippen MR) is 82.5 cm³/mol. The number of halogens is 1. The van der Waals surface area contributed by atoms with Crippen molar-refractivity contribution in [3.63, 3.8) is 0 Å². The number of piperidine rings is 1. The van der Waals surface area contributed by atoms with Crippen LogP contribution in [0, 0.1) is 5.92 Å². The maximum atomic E-state index is 12.2. The largest absolute Gasteiger partial charge is 0.396 e. The number of amides is 2. The second-order valence-corrected chi connectivity index (χ2v) is 6.50. The molecule has 2 N–H and O–H groups in total. The van der Waals surface area contributed by atoms with Gasteiger partial charge in [0.05, 0.1) is 0 Å². The number of likely N-dealkylation sites (tertiary alicyclic amines) is 1. The average molecular weight is 309 g/mol. The van der Waals surface area contributed by atoms with E-state index in [9.17, 15) is 4.79 Å². The smallest absolute Gasteiger partial charge is 0.317 e. The van der Waals surface area contributed by atoms with Gasteiger partial charge in [-0.2, -0.15) is 0 Å². The molecule has 114 valence electrons. The van der Waals surface area contributed by atoms with Crippen molar-refractivity contribution in [3.8, 4) is 0 Å². The zero-order valence-electron chi connectivity index (χ0n) is 12.0. The fourth-order valence-electron chi connectivity index (χ4n) is 3.03. The number of hydrogen-bond donors (Lipinski definition) is 2. The second-order valence-electron chi connectivity index (χ2n) is 6.07. The molecule has 5 heteroatoms. The predicted octanol–water partition coefficient (Wildman–Crippen LogP) is 2.61. The molecule has 1 aromatic rings. The van der Waals surface area contributed by atoms with E-state index in [4.69, 9.17) is 16.7 Å². The minimum atomic E-state index is 0.0286. The number of carbonyl (C=O) groups is 1. The van der Waals surface area contributed by atoms with Crippen LogP contribution in [0.25, 0.3) is 0 Å². The van der Waals surface area contributed by atoms with Crippen LogP contribution in [0.4, 0.5) is 4.79 Å². The molecule has 0 bridgehead atoms. The van der Waals surface area contributed by atoms with Gasteiger partial charge in [0.1, 0.15) is 0 Å². The van der Waals surface area contributed by atoms with E-state index < -0.39 is 0 Å². The normalized spacial score (nSPS) is 25.7. The molecule has 1 heterocycles. The molecule has 2 amide bonds. The van der Waals surface area contributed by atoms with E-state index in [1.807, 2.05) is 23.1 Å². The van der Waals surface area contributed by atoms with Crippen LogP contribution in [-0.2, 0) is 0 Å². The molecule has 2 aliphatic rings. The van der Waals surface area contributed by atoms with Gasteiger partial charge in [-0.15, -0.1) is 0 Å². The fraction of sp³-hybridized carbons (Fsp3) is 0.562. The van der Waals surface area contributed by atoms with Gasteiger partial charge >= 0.3 is 6.03 Å². The Hall–Kier alpha value is -1.26. The lowest BCUT2D eigenvalue weighted by molar-refractivity contribution is 0.137. The highest BCUT2D eigenvalue weighted by Crippen LogP contribution is 2.41. The number of hydrogen-bond acceptors (Lipinski definition) is 2. The Labute approximate surface area is 130 Å². The van der Waals surface area contributed by atoms with Crippen LogP contribution in [0.1, 0.15) is 30.7 Å². The first kappa shape index (κ1) is 14.7. The minimum absolute atomic E-state index is 0.0286. The number of urea groups is 1. The maximum absolute atomic E-state index is 12.2. The Bertz CT molecular complexity index is 515. The summed E-state index contributed by atoms with van der Waals surface area (Å²) in [5, 5.41) is 13.0. The highest BCUT2D eigenvalue weighted by molar-refractivity contribution is 6.30. The van der Waals surface area contributed by atoms with E-state index in [0.717, 1.165) is 37.4 Å². The van der Waals surface area contributed by atoms with Crippen LogP contribution in [0.15, 0.2) is 24.3 Å². The topological polar surface area (TPSA) is 52.6 Å². The van der Waals surface area contributed by atoms with E-state index in [2.05, 4.69) is 11.4 Å². The van der Waals surface area contributed by atoms with E-state index in [1.54, 1.807) is 0 Å². The SMILES string of the molecule is O=C(NC1CC1c1cccc(Cl)c1)N1CCC(CO)CC1. The van der Waals surface area contributed by atoms with E-state index in [-0.39, 0.29) is 18.7 Å². The number of rotatable bonds is 3. The molecule has 0 radical (unpaired) electrons. The lowest BCUT2D eigenvalue weighted by Crippen LogP contribution is -2.45. The summed E-state index contributed by atoms with van der Waals surface area (Å²) in [4.78, 5) is 14.1. The van der Waals surface area contributed by atoms with Crippen LogP contribution in [0.3, 0.4) is 0 Å². The van der Waals surface area contributed by atoms with Crippen LogP contribution in [0.2, 0.25) is 5.02 Å². The quantitative estimate of drug-likeness (QED) is 0.902. The monoisotopic (exact) mass is 308 g/mol. The van der Waals surface area contributed by atoms with E-state index in [1.165, 1.54) is 5.56 Å². The first-order valence-electron chi connectivity index (χ1n) is 7.59. The molecule has 1 aromatic carbocycles. The minimum Gasteiger partial charge on any atom is -0.396 e. The van der Waals surface area contributed by atoms with Gasteiger partial charge in [-0.05, 0) is 42.9 Å². The summed E-state index contributed by atoms with van der Waals surface area (Å²) in [5.41, 5.74) is 1.20. The Balaban J connectivity index is 1.49. The molecular weight excluding hydrogens is 288 g/mol. The third-order valence-corrected chi connectivity index (χ3v) is 4.77. The summed E-state index contributed by atoms with van der Waals surface area (Å²) in [5.74, 6) is 0.747. The number of carbonyl (C=O) groups excluding carboxylic acids is 1. The van der Waals surface area contributed by atoms with Crippen molar-refractivity contribution in [2.45, 2.75) is 31.2 Å². The van der Waals surface area contributed by atoms with Gasteiger partial charge < -0.3 is 15.3 Å². The highest BCUT2D eigenvalue weighted by Gasteiger charge is 2.40. The molecule has 21 heavy (non-hydrogen) atoms. The first-order valence-corrected chi connectivity index (χ1v) is 7.97. The number of nitrogens with one attached hydrogen (secondary N) is 1. The molecule has 2 fully saturated rings. The number of nitrogens with zero attached hydrogens (tertiary/aromatic N) is 1. The van der Waals surface area contributed by atoms with Gasteiger partial charge in [-0.1, -0.05) is 23.7 Å². The summed E-state index contributed by atoms with van der Waals surface area (Å²) in [6.07, 6.45) is 2.78. The number of aliphatic hydroxyl groups is 1. The van der Waals surface area contributed by atoms with Crippen molar-refractivity contribution in [1.82, 2.24) is 10.2 Å². The second kappa shape index (κ2) is 6.24. The van der Waals surface area contributed by atoms with Crippen LogP contribution >= 0.6 is 11.6 Å². The van der Waals surface area contributed by atoms with Crippen LogP contribution in [0.5, 0.6) is 0 Å². The molecule has 1 aliphatic carbocycles. The average Bonchev–Trinajstić information content (AvgIpc) is 3.26. The molecule has 1 aliphatic heterocycles. The molecule has 2 atom stereocenters. The summed E-state index contributed by atoms with van der Waals surface area (Å²) in [7, 11) is 0. The van der Waals surface area contributed by atoms with Gasteiger partial charge in [-0.25, -0.2) is 4.79 Å². The van der Waals surface area contributed by atoms with Crippen molar-refractivity contribution >= 4 is 17.6 Å². The maximum Gasteiger partial charge on any atom is 0.317 e. The van der Waals surface area contributed by atoms with Gasteiger partial charge in [0.25, 0.3) is 0 Å². The zero-order chi connectivity index (χ0) is 14.8.